The van der Waals surface area contributed by atoms with Crippen molar-refractivity contribution in [1.29, 1.82) is 0 Å². The summed E-state index contributed by atoms with van der Waals surface area (Å²) in [5.41, 5.74) is 0. The third-order valence-electron chi connectivity index (χ3n) is 0.758. The molecule has 0 saturated carbocycles. The Labute approximate surface area is 82.4 Å². The Morgan fingerprint density at radius 3 is 2.40 bits per heavy atom. The molecule has 5 heteroatoms. The van der Waals surface area contributed by atoms with Crippen LogP contribution in [0.15, 0.2) is 0 Å². The van der Waals surface area contributed by atoms with E-state index in [4.69, 9.17) is 0 Å². The first-order chi connectivity index (χ1) is 4.13. The van der Waals surface area contributed by atoms with Crippen molar-refractivity contribution >= 4 is 6.16 Å². The number of ether oxygens (including phenoxy) is 1. The molecule has 0 N–H and O–H groups in total. The van der Waals surface area contributed by atoms with Gasteiger partial charge in [0, 0.05) is 13.2 Å². The van der Waals surface area contributed by atoms with Crippen LogP contribution in [0.2, 0.25) is 0 Å². The van der Waals surface area contributed by atoms with E-state index in [-0.39, 0.29) is 36.2 Å². The van der Waals surface area contributed by atoms with Crippen LogP contribution < -0.4 is 34.7 Å². The zero-order chi connectivity index (χ0) is 7.28. The van der Waals surface area contributed by atoms with Crippen LogP contribution in [-0.2, 0) is 4.74 Å². The van der Waals surface area contributed by atoms with Gasteiger partial charge in [-0.2, -0.15) is 0 Å². The average Bonchev–Trinajstić information content (AvgIpc) is 1.63. The first kappa shape index (κ1) is 12.9. The number of carbonyl (C=O) groups is 1. The summed E-state index contributed by atoms with van der Waals surface area (Å²) >= 11 is 0. The second-order valence-corrected chi connectivity index (χ2v) is 1.90. The van der Waals surface area contributed by atoms with Crippen molar-refractivity contribution in [2.24, 2.45) is 0 Å². The summed E-state index contributed by atoms with van der Waals surface area (Å²) in [5, 5.41) is 9.63. The fourth-order valence-corrected chi connectivity index (χ4v) is 0.312. The van der Waals surface area contributed by atoms with Crippen molar-refractivity contribution in [2.45, 2.75) is 0 Å². The first-order valence-electron chi connectivity index (χ1n) is 2.61. The Hall–Kier alpha value is 0.230. The van der Waals surface area contributed by atoms with E-state index in [1.807, 2.05) is 19.0 Å². The molecule has 0 aliphatic carbocycles. The van der Waals surface area contributed by atoms with Gasteiger partial charge in [0.05, 0.1) is 0 Å². The molecule has 0 saturated heterocycles. The zero-order valence-electron chi connectivity index (χ0n) is 6.59. The maximum Gasteiger partial charge on any atom is 1.00 e. The van der Waals surface area contributed by atoms with E-state index >= 15 is 0 Å². The van der Waals surface area contributed by atoms with Gasteiger partial charge in [-0.3, -0.25) is 0 Å². The Bertz CT molecular complexity index is 96.9. The number of hydrogen-bond acceptors (Lipinski definition) is 4. The standard InChI is InChI=1S/C5H11NO3.Na/c1-6(2)3-4-9-5(7)8;/h3-4H2,1-2H3,(H,7,8);/q;+1/p-1. The van der Waals surface area contributed by atoms with Gasteiger partial charge in [0.25, 0.3) is 6.16 Å². The summed E-state index contributed by atoms with van der Waals surface area (Å²) in [6.07, 6.45) is -1.46. The molecule has 54 valence electrons. The minimum Gasteiger partial charge on any atom is -0.548 e. The Morgan fingerprint density at radius 2 is 2.10 bits per heavy atom. The minimum atomic E-state index is -1.46. The molecular weight excluding hydrogens is 145 g/mol. The van der Waals surface area contributed by atoms with Gasteiger partial charge < -0.3 is 19.5 Å². The van der Waals surface area contributed by atoms with Crippen molar-refractivity contribution in [3.63, 3.8) is 0 Å². The molecular formula is C5H10NNaO3. The summed E-state index contributed by atoms with van der Waals surface area (Å²) < 4.78 is 4.12. The van der Waals surface area contributed by atoms with Crippen LogP contribution in [0.5, 0.6) is 0 Å². The maximum atomic E-state index is 9.63. The van der Waals surface area contributed by atoms with E-state index in [0.29, 0.717) is 6.54 Å². The zero-order valence-corrected chi connectivity index (χ0v) is 8.59. The van der Waals surface area contributed by atoms with Gasteiger partial charge >= 0.3 is 29.6 Å². The van der Waals surface area contributed by atoms with Gasteiger partial charge in [0.2, 0.25) is 0 Å². The van der Waals surface area contributed by atoms with Gasteiger partial charge in [-0.05, 0) is 14.1 Å². The molecule has 0 amide bonds. The molecule has 0 aromatic heterocycles. The number of hydrogen-bond donors (Lipinski definition) is 0. The van der Waals surface area contributed by atoms with Crippen LogP contribution in [0.1, 0.15) is 0 Å². The Kier molecular flexibility index (Phi) is 9.44. The fourth-order valence-electron chi connectivity index (χ4n) is 0.312. The van der Waals surface area contributed by atoms with Crippen molar-refractivity contribution in [2.75, 3.05) is 27.2 Å². The molecule has 0 radical (unpaired) electrons. The summed E-state index contributed by atoms with van der Waals surface area (Å²) in [6, 6.07) is 0. The van der Waals surface area contributed by atoms with Gasteiger partial charge in [-0.25, -0.2) is 0 Å². The van der Waals surface area contributed by atoms with Gasteiger partial charge in [0.1, 0.15) is 0 Å². The van der Waals surface area contributed by atoms with E-state index in [9.17, 15) is 9.90 Å². The second kappa shape index (κ2) is 7.34. The van der Waals surface area contributed by atoms with Crippen molar-refractivity contribution in [3.05, 3.63) is 0 Å². The van der Waals surface area contributed by atoms with Crippen LogP contribution in [0.25, 0.3) is 0 Å². The quantitative estimate of drug-likeness (QED) is 0.307. The molecule has 0 aromatic carbocycles. The summed E-state index contributed by atoms with van der Waals surface area (Å²) in [5.74, 6) is 0. The van der Waals surface area contributed by atoms with Crippen LogP contribution in [0.3, 0.4) is 0 Å². The van der Waals surface area contributed by atoms with Gasteiger partial charge in [-0.1, -0.05) is 0 Å². The molecule has 0 aliphatic rings. The third kappa shape index (κ3) is 11.1. The van der Waals surface area contributed by atoms with E-state index in [0.717, 1.165) is 0 Å². The molecule has 4 nitrogen and oxygen atoms in total. The van der Waals surface area contributed by atoms with Crippen molar-refractivity contribution in [3.8, 4) is 0 Å². The second-order valence-electron chi connectivity index (χ2n) is 1.90. The molecule has 0 fully saturated rings. The molecule has 10 heavy (non-hydrogen) atoms. The normalized spacial score (nSPS) is 8.70. The molecule has 0 heterocycles. The van der Waals surface area contributed by atoms with Crippen molar-refractivity contribution < 1.29 is 44.2 Å². The van der Waals surface area contributed by atoms with Crippen LogP contribution in [0, 0.1) is 0 Å². The van der Waals surface area contributed by atoms with Crippen LogP contribution >= 0.6 is 0 Å². The maximum absolute atomic E-state index is 9.63. The number of carbonyl (C=O) groups excluding carboxylic acids is 1. The predicted octanol–water partition coefficient (Wildman–Crippen LogP) is -4.09. The minimum absolute atomic E-state index is 0. The molecule has 0 spiro atoms. The van der Waals surface area contributed by atoms with E-state index in [2.05, 4.69) is 4.74 Å². The Morgan fingerprint density at radius 1 is 1.60 bits per heavy atom. The monoisotopic (exact) mass is 155 g/mol. The van der Waals surface area contributed by atoms with Crippen molar-refractivity contribution in [1.82, 2.24) is 4.90 Å². The molecule has 0 unspecified atom stereocenters. The average molecular weight is 155 g/mol. The third-order valence-corrected chi connectivity index (χ3v) is 0.758. The summed E-state index contributed by atoms with van der Waals surface area (Å²) in [6.45, 7) is 0.767. The van der Waals surface area contributed by atoms with Gasteiger partial charge in [0.15, 0.2) is 0 Å². The van der Waals surface area contributed by atoms with Gasteiger partial charge in [-0.15, -0.1) is 0 Å². The number of nitrogens with zero attached hydrogens (tertiary/aromatic N) is 1. The number of rotatable bonds is 3. The first-order valence-corrected chi connectivity index (χ1v) is 2.61. The predicted molar refractivity (Wildman–Crippen MR) is 29.9 cm³/mol. The van der Waals surface area contributed by atoms with E-state index < -0.39 is 6.16 Å². The van der Waals surface area contributed by atoms with Crippen LogP contribution in [0.4, 0.5) is 4.79 Å². The summed E-state index contributed by atoms with van der Waals surface area (Å²) in [4.78, 5) is 11.5. The van der Waals surface area contributed by atoms with E-state index in [1.165, 1.54) is 0 Å². The Balaban J connectivity index is 0. The number of carboxylic acid groups (broad SMARTS) is 1. The SMILES string of the molecule is CN(C)CCOC(=O)[O-].[Na+]. The fraction of sp³-hybridized carbons (Fsp3) is 0.800. The topological polar surface area (TPSA) is 52.6 Å². The molecule has 0 aromatic rings. The smallest absolute Gasteiger partial charge is 0.548 e. The molecule has 0 rings (SSSR count). The van der Waals surface area contributed by atoms with Crippen LogP contribution in [-0.4, -0.2) is 38.3 Å². The molecule has 0 aliphatic heterocycles. The number of likely N-dealkylation sites (N-methyl/N-ethyl adjacent to an activating group) is 1. The van der Waals surface area contributed by atoms with E-state index in [1.54, 1.807) is 0 Å². The molecule has 0 bridgehead atoms. The largest absolute Gasteiger partial charge is 1.00 e. The molecule has 0 atom stereocenters. The summed E-state index contributed by atoms with van der Waals surface area (Å²) in [7, 11) is 3.66.